The molecule has 25 heavy (non-hydrogen) atoms. The Morgan fingerprint density at radius 1 is 1.48 bits per heavy atom. The molecule has 0 saturated heterocycles. The quantitative estimate of drug-likeness (QED) is 0.830. The number of aliphatic hydroxyl groups is 1. The van der Waals surface area contributed by atoms with Crippen molar-refractivity contribution in [1.82, 2.24) is 19.9 Å². The van der Waals surface area contributed by atoms with Crippen LogP contribution in [0.15, 0.2) is 6.20 Å². The van der Waals surface area contributed by atoms with Gasteiger partial charge in [0, 0.05) is 24.4 Å². The normalized spacial score (nSPS) is 13.7. The summed E-state index contributed by atoms with van der Waals surface area (Å²) >= 11 is 0. The first-order valence-corrected chi connectivity index (χ1v) is 8.40. The van der Waals surface area contributed by atoms with Gasteiger partial charge >= 0.3 is 0 Å². The highest BCUT2D eigenvalue weighted by atomic mass is 16.3. The molecule has 2 heterocycles. The molecule has 0 aliphatic heterocycles. The van der Waals surface area contributed by atoms with Crippen molar-refractivity contribution in [2.75, 3.05) is 6.54 Å². The van der Waals surface area contributed by atoms with Gasteiger partial charge in [-0.05, 0) is 38.7 Å². The Labute approximate surface area is 147 Å². The van der Waals surface area contributed by atoms with Gasteiger partial charge in [-0.1, -0.05) is 13.8 Å². The van der Waals surface area contributed by atoms with E-state index in [9.17, 15) is 9.90 Å². The number of hydrogen-bond acceptors (Lipinski definition) is 5. The summed E-state index contributed by atoms with van der Waals surface area (Å²) in [7, 11) is 0. The third-order valence-electron chi connectivity index (χ3n) is 4.82. The van der Waals surface area contributed by atoms with Crippen LogP contribution in [-0.4, -0.2) is 37.8 Å². The van der Waals surface area contributed by atoms with Crippen LogP contribution in [0.4, 0.5) is 0 Å². The van der Waals surface area contributed by atoms with Crippen LogP contribution in [0.5, 0.6) is 0 Å². The van der Waals surface area contributed by atoms with Crippen molar-refractivity contribution in [3.8, 4) is 6.07 Å². The number of hydrogen-bond donors (Lipinski definition) is 2. The second kappa shape index (κ2) is 7.19. The Kier molecular flexibility index (Phi) is 5.43. The second-order valence-electron chi connectivity index (χ2n) is 6.96. The SMILES string of the molecule is Cc1nc2c(C#N)cnn2c(C)c1CCC(=O)NCC(C)(O)C(C)C. The molecule has 0 aliphatic carbocycles. The third-order valence-corrected chi connectivity index (χ3v) is 4.82. The number of nitrogens with one attached hydrogen (secondary N) is 1. The summed E-state index contributed by atoms with van der Waals surface area (Å²) < 4.78 is 1.64. The molecule has 1 amide bonds. The lowest BCUT2D eigenvalue weighted by atomic mass is 9.92. The predicted octanol–water partition coefficient (Wildman–Crippen LogP) is 1.67. The van der Waals surface area contributed by atoms with E-state index in [1.54, 1.807) is 11.4 Å². The van der Waals surface area contributed by atoms with Crippen LogP contribution in [0.25, 0.3) is 5.65 Å². The van der Waals surface area contributed by atoms with Gasteiger partial charge in [0.15, 0.2) is 5.65 Å². The predicted molar refractivity (Wildman–Crippen MR) is 94.0 cm³/mol. The third kappa shape index (κ3) is 3.97. The maximum absolute atomic E-state index is 12.1. The molecule has 7 nitrogen and oxygen atoms in total. The van der Waals surface area contributed by atoms with Gasteiger partial charge in [0.1, 0.15) is 11.6 Å². The zero-order valence-electron chi connectivity index (χ0n) is 15.4. The van der Waals surface area contributed by atoms with Crippen LogP contribution in [0.3, 0.4) is 0 Å². The van der Waals surface area contributed by atoms with Gasteiger partial charge in [-0.2, -0.15) is 10.4 Å². The fourth-order valence-corrected chi connectivity index (χ4v) is 2.56. The van der Waals surface area contributed by atoms with Gasteiger partial charge in [-0.3, -0.25) is 4.79 Å². The van der Waals surface area contributed by atoms with Crippen LogP contribution in [0.2, 0.25) is 0 Å². The summed E-state index contributed by atoms with van der Waals surface area (Å²) in [6.45, 7) is 9.56. The number of fused-ring (bicyclic) bond motifs is 1. The lowest BCUT2D eigenvalue weighted by Crippen LogP contribution is -2.44. The molecule has 2 N–H and O–H groups in total. The highest BCUT2D eigenvalue weighted by Crippen LogP contribution is 2.18. The van der Waals surface area contributed by atoms with Gasteiger partial charge in [-0.15, -0.1) is 0 Å². The van der Waals surface area contributed by atoms with Gasteiger partial charge in [0.05, 0.1) is 11.8 Å². The molecule has 0 aliphatic rings. The molecule has 7 heteroatoms. The molecule has 0 radical (unpaired) electrons. The molecule has 0 bridgehead atoms. The number of amides is 1. The van der Waals surface area contributed by atoms with Crippen LogP contribution in [-0.2, 0) is 11.2 Å². The first-order valence-electron chi connectivity index (χ1n) is 8.40. The van der Waals surface area contributed by atoms with Crippen molar-refractivity contribution in [2.45, 2.75) is 53.1 Å². The number of nitriles is 1. The summed E-state index contributed by atoms with van der Waals surface area (Å²) in [4.78, 5) is 16.6. The summed E-state index contributed by atoms with van der Waals surface area (Å²) in [6.07, 6.45) is 2.33. The van der Waals surface area contributed by atoms with Crippen molar-refractivity contribution in [3.05, 3.63) is 28.7 Å². The minimum atomic E-state index is -0.926. The van der Waals surface area contributed by atoms with Crippen molar-refractivity contribution in [3.63, 3.8) is 0 Å². The van der Waals surface area contributed by atoms with Crippen molar-refractivity contribution < 1.29 is 9.90 Å². The minimum absolute atomic E-state index is 0.0537. The molecule has 2 aromatic rings. The Hall–Kier alpha value is -2.46. The fourth-order valence-electron chi connectivity index (χ4n) is 2.56. The van der Waals surface area contributed by atoms with Gasteiger partial charge < -0.3 is 10.4 Å². The van der Waals surface area contributed by atoms with Crippen molar-refractivity contribution in [1.29, 1.82) is 5.26 Å². The molecule has 0 saturated carbocycles. The molecule has 1 unspecified atom stereocenters. The van der Waals surface area contributed by atoms with E-state index in [0.29, 0.717) is 24.1 Å². The van der Waals surface area contributed by atoms with E-state index in [4.69, 9.17) is 5.26 Å². The number of aryl methyl sites for hydroxylation is 2. The van der Waals surface area contributed by atoms with Gasteiger partial charge in [-0.25, -0.2) is 9.50 Å². The molecule has 2 aromatic heterocycles. The van der Waals surface area contributed by atoms with Crippen LogP contribution in [0.1, 0.15) is 49.7 Å². The number of rotatable bonds is 6. The zero-order chi connectivity index (χ0) is 18.8. The highest BCUT2D eigenvalue weighted by molar-refractivity contribution is 5.76. The van der Waals surface area contributed by atoms with E-state index < -0.39 is 5.60 Å². The number of carbonyl (C=O) groups is 1. The molecule has 134 valence electrons. The topological polar surface area (TPSA) is 103 Å². The Balaban J connectivity index is 2.09. The van der Waals surface area contributed by atoms with E-state index in [0.717, 1.165) is 17.0 Å². The first-order chi connectivity index (χ1) is 11.7. The van der Waals surface area contributed by atoms with Crippen LogP contribution < -0.4 is 5.32 Å². The Morgan fingerprint density at radius 2 is 2.16 bits per heavy atom. The molecular formula is C18H25N5O2. The van der Waals surface area contributed by atoms with Crippen LogP contribution >= 0.6 is 0 Å². The van der Waals surface area contributed by atoms with E-state index in [1.807, 2.05) is 27.7 Å². The maximum atomic E-state index is 12.1. The smallest absolute Gasteiger partial charge is 0.220 e. The summed E-state index contributed by atoms with van der Waals surface area (Å²) in [5.74, 6) is -0.0592. The highest BCUT2D eigenvalue weighted by Gasteiger charge is 2.25. The van der Waals surface area contributed by atoms with Gasteiger partial charge in [0.2, 0.25) is 5.91 Å². The molecule has 0 fully saturated rings. The van der Waals surface area contributed by atoms with E-state index in [2.05, 4.69) is 21.5 Å². The molecule has 1 atom stereocenters. The zero-order valence-corrected chi connectivity index (χ0v) is 15.4. The fraction of sp³-hybridized carbons (Fsp3) is 0.556. The lowest BCUT2D eigenvalue weighted by molar-refractivity contribution is -0.122. The summed E-state index contributed by atoms with van der Waals surface area (Å²) in [6, 6.07) is 2.08. The van der Waals surface area contributed by atoms with E-state index in [1.165, 1.54) is 6.20 Å². The molecular weight excluding hydrogens is 318 g/mol. The van der Waals surface area contributed by atoms with E-state index >= 15 is 0 Å². The molecule has 0 aromatic carbocycles. The van der Waals surface area contributed by atoms with Gasteiger partial charge in [0.25, 0.3) is 0 Å². The Morgan fingerprint density at radius 3 is 2.76 bits per heavy atom. The standard InChI is InChI=1S/C18H25N5O2/c1-11(2)18(5,25)10-20-16(24)7-6-15-12(3)22-17-14(8-19)9-21-23(17)13(15)4/h9,11,25H,6-7,10H2,1-5H3,(H,20,24). The monoisotopic (exact) mass is 343 g/mol. The maximum Gasteiger partial charge on any atom is 0.220 e. The Bertz CT molecular complexity index is 830. The minimum Gasteiger partial charge on any atom is -0.388 e. The average molecular weight is 343 g/mol. The number of aromatic nitrogens is 3. The van der Waals surface area contributed by atoms with Crippen molar-refractivity contribution in [2.24, 2.45) is 5.92 Å². The molecule has 2 rings (SSSR count). The average Bonchev–Trinajstić information content (AvgIpc) is 2.95. The summed E-state index contributed by atoms with van der Waals surface area (Å²) in [5.41, 5.74) is 2.68. The van der Waals surface area contributed by atoms with Crippen LogP contribution in [0, 0.1) is 31.1 Å². The number of carbonyl (C=O) groups excluding carboxylic acids is 1. The van der Waals surface area contributed by atoms with Crippen molar-refractivity contribution >= 4 is 11.6 Å². The lowest BCUT2D eigenvalue weighted by Gasteiger charge is -2.27. The second-order valence-corrected chi connectivity index (χ2v) is 6.96. The summed E-state index contributed by atoms with van der Waals surface area (Å²) in [5, 5.41) is 26.3. The largest absolute Gasteiger partial charge is 0.388 e. The molecule has 0 spiro atoms. The van der Waals surface area contributed by atoms with E-state index in [-0.39, 0.29) is 18.4 Å². The first kappa shape index (κ1) is 18.9. The number of nitrogens with zero attached hydrogens (tertiary/aromatic N) is 4.